The van der Waals surface area contributed by atoms with Gasteiger partial charge >= 0.3 is 11.7 Å². The smallest absolute Gasteiger partial charge is 0.356 e. The number of benzene rings is 1. The van der Waals surface area contributed by atoms with Crippen LogP contribution in [0.1, 0.15) is 52.4 Å². The van der Waals surface area contributed by atoms with Gasteiger partial charge in [0, 0.05) is 18.8 Å². The van der Waals surface area contributed by atoms with Crippen LogP contribution in [0.4, 0.5) is 0 Å². The van der Waals surface area contributed by atoms with Gasteiger partial charge in [-0.3, -0.25) is 9.36 Å². The molecule has 1 aliphatic heterocycles. The molecule has 1 fully saturated rings. The van der Waals surface area contributed by atoms with Crippen LogP contribution < -0.4 is 16.0 Å². The lowest BCUT2D eigenvalue weighted by molar-refractivity contribution is -0.0752. The third kappa shape index (κ3) is 5.61. The predicted molar refractivity (Wildman–Crippen MR) is 159 cm³/mol. The topological polar surface area (TPSA) is 111 Å². The Morgan fingerprint density at radius 3 is 2.62 bits per heavy atom. The van der Waals surface area contributed by atoms with Crippen molar-refractivity contribution < 1.29 is 23.7 Å². The summed E-state index contributed by atoms with van der Waals surface area (Å²) in [7, 11) is 2.83. The highest BCUT2D eigenvalue weighted by molar-refractivity contribution is 7.19. The van der Waals surface area contributed by atoms with Gasteiger partial charge in [-0.05, 0) is 50.5 Å². The van der Waals surface area contributed by atoms with E-state index >= 15 is 0 Å². The van der Waals surface area contributed by atoms with E-state index in [9.17, 15) is 14.4 Å². The third-order valence-electron chi connectivity index (χ3n) is 7.17. The van der Waals surface area contributed by atoms with Crippen molar-refractivity contribution in [2.75, 3.05) is 27.4 Å². The van der Waals surface area contributed by atoms with Crippen molar-refractivity contribution in [1.82, 2.24) is 14.1 Å². The molecule has 4 aromatic rings. The first-order valence-electron chi connectivity index (χ1n) is 13.5. The normalized spacial score (nSPS) is 14.3. The average Bonchev–Trinajstić information content (AvgIpc) is 3.34. The van der Waals surface area contributed by atoms with E-state index in [1.807, 2.05) is 31.2 Å². The number of aryl methyl sites for hydroxylation is 1. The Hall–Kier alpha value is -4.24. The van der Waals surface area contributed by atoms with E-state index in [1.54, 1.807) is 20.1 Å². The summed E-state index contributed by atoms with van der Waals surface area (Å²) < 4.78 is 25.2. The van der Waals surface area contributed by atoms with E-state index in [1.165, 1.54) is 35.1 Å². The Morgan fingerprint density at radius 2 is 1.90 bits per heavy atom. The van der Waals surface area contributed by atoms with E-state index in [2.05, 4.69) is 16.8 Å². The maximum atomic E-state index is 14.3. The number of para-hydroxylation sites is 1. The van der Waals surface area contributed by atoms with Crippen LogP contribution in [0, 0.1) is 18.8 Å². The first kappa shape index (κ1) is 29.3. The summed E-state index contributed by atoms with van der Waals surface area (Å²) in [5.74, 6) is 5.91. The standard InChI is InChI=1S/C31H31N3O7S/c1-5-9-25-19(2)27-28(35)34(26-13-8-11-22(32-26)30(36)39-4)31(37)33(29(27)42-25)18-24(41-20-14-16-40-17-15-20)21-10-6-7-12-23(21)38-3/h6-8,10-13,20,24H,14-18H2,1-4H3/t24-/m0/s1. The summed E-state index contributed by atoms with van der Waals surface area (Å²) in [6, 6.07) is 12.0. The summed E-state index contributed by atoms with van der Waals surface area (Å²) in [6.07, 6.45) is 0.756. The SMILES string of the molecule is CC#Cc1sc2c(c1C)c(=O)n(-c1cccc(C(=O)OC)n1)c(=O)n2C[C@H](OC1CCOCC1)c1ccccc1OC. The minimum Gasteiger partial charge on any atom is -0.496 e. The van der Waals surface area contributed by atoms with E-state index in [0.29, 0.717) is 52.5 Å². The molecule has 0 aliphatic carbocycles. The molecule has 1 aliphatic rings. The van der Waals surface area contributed by atoms with Gasteiger partial charge < -0.3 is 18.9 Å². The van der Waals surface area contributed by atoms with E-state index in [0.717, 1.165) is 10.1 Å². The van der Waals surface area contributed by atoms with Gasteiger partial charge in [0.05, 0.1) is 37.1 Å². The number of hydrogen-bond acceptors (Lipinski definition) is 9. The molecule has 42 heavy (non-hydrogen) atoms. The molecule has 1 saturated heterocycles. The highest BCUT2D eigenvalue weighted by atomic mass is 32.1. The number of carbonyl (C=O) groups is 1. The van der Waals surface area contributed by atoms with E-state index in [-0.39, 0.29) is 24.2 Å². The molecule has 0 unspecified atom stereocenters. The molecular formula is C31H31N3O7S. The Morgan fingerprint density at radius 1 is 1.14 bits per heavy atom. The third-order valence-corrected chi connectivity index (χ3v) is 8.40. The van der Waals surface area contributed by atoms with Crippen molar-refractivity contribution in [2.45, 2.75) is 45.4 Å². The second-order valence-corrected chi connectivity index (χ2v) is 10.7. The first-order chi connectivity index (χ1) is 20.4. The molecule has 0 amide bonds. The number of rotatable bonds is 8. The van der Waals surface area contributed by atoms with E-state index < -0.39 is 23.3 Å². The lowest BCUT2D eigenvalue weighted by Crippen LogP contribution is -2.40. The minimum absolute atomic E-state index is 0.0106. The number of hydrogen-bond donors (Lipinski definition) is 0. The van der Waals surface area contributed by atoms with Gasteiger partial charge in [0.2, 0.25) is 0 Å². The molecule has 0 radical (unpaired) electrons. The first-order valence-corrected chi connectivity index (χ1v) is 14.3. The molecule has 5 rings (SSSR count). The lowest BCUT2D eigenvalue weighted by Gasteiger charge is -2.29. The molecule has 11 heteroatoms. The number of ether oxygens (including phenoxy) is 4. The van der Waals surface area contributed by atoms with Crippen molar-refractivity contribution in [2.24, 2.45) is 0 Å². The molecule has 0 N–H and O–H groups in total. The molecule has 218 valence electrons. The van der Waals surface area contributed by atoms with Gasteiger partial charge in [-0.1, -0.05) is 30.2 Å². The zero-order valence-electron chi connectivity index (χ0n) is 23.8. The highest BCUT2D eigenvalue weighted by Gasteiger charge is 2.28. The number of fused-ring (bicyclic) bond motifs is 1. The van der Waals surface area contributed by atoms with Crippen molar-refractivity contribution >= 4 is 27.5 Å². The van der Waals surface area contributed by atoms with Gasteiger partial charge in [0.25, 0.3) is 5.56 Å². The molecule has 10 nitrogen and oxygen atoms in total. The number of aromatic nitrogens is 3. The average molecular weight is 590 g/mol. The number of carbonyl (C=O) groups excluding carboxylic acids is 1. The van der Waals surface area contributed by atoms with Crippen molar-refractivity contribution in [3.63, 3.8) is 0 Å². The fourth-order valence-electron chi connectivity index (χ4n) is 5.07. The molecule has 1 atom stereocenters. The van der Waals surface area contributed by atoms with Crippen LogP contribution in [0.2, 0.25) is 0 Å². The van der Waals surface area contributed by atoms with Crippen LogP contribution >= 0.6 is 11.3 Å². The molecule has 0 bridgehead atoms. The molecule has 4 heterocycles. The number of thiophene rings is 1. The van der Waals surface area contributed by atoms with Crippen molar-refractivity contribution in [3.05, 3.63) is 85.0 Å². The zero-order chi connectivity index (χ0) is 29.8. The van der Waals surface area contributed by atoms with E-state index in [4.69, 9.17) is 18.9 Å². The summed E-state index contributed by atoms with van der Waals surface area (Å²) in [6.45, 7) is 4.79. The van der Waals surface area contributed by atoms with Crippen LogP contribution in [0.5, 0.6) is 5.75 Å². The number of pyridine rings is 1. The number of methoxy groups -OCH3 is 2. The second kappa shape index (κ2) is 12.7. The van der Waals surface area contributed by atoms with Crippen LogP contribution in [-0.2, 0) is 20.8 Å². The summed E-state index contributed by atoms with van der Waals surface area (Å²) in [5, 5.41) is 0.354. The predicted octanol–water partition coefficient (Wildman–Crippen LogP) is 4.02. The molecule has 0 saturated carbocycles. The molecule has 0 spiro atoms. The molecular weight excluding hydrogens is 558 g/mol. The fourth-order valence-corrected chi connectivity index (χ4v) is 6.27. The van der Waals surface area contributed by atoms with Crippen molar-refractivity contribution in [1.29, 1.82) is 0 Å². The van der Waals surface area contributed by atoms with Gasteiger partial charge in [-0.15, -0.1) is 17.3 Å². The van der Waals surface area contributed by atoms with Crippen LogP contribution in [0.15, 0.2) is 52.1 Å². The van der Waals surface area contributed by atoms with Gasteiger partial charge in [-0.2, -0.15) is 0 Å². The maximum Gasteiger partial charge on any atom is 0.356 e. The highest BCUT2D eigenvalue weighted by Crippen LogP contribution is 2.34. The quantitative estimate of drug-likeness (QED) is 0.224. The van der Waals surface area contributed by atoms with Crippen LogP contribution in [-0.4, -0.2) is 53.6 Å². The number of nitrogens with zero attached hydrogens (tertiary/aromatic N) is 3. The Bertz CT molecular complexity index is 1810. The van der Waals surface area contributed by atoms with Gasteiger partial charge in [-0.25, -0.2) is 19.1 Å². The van der Waals surface area contributed by atoms with Crippen molar-refractivity contribution in [3.8, 4) is 23.4 Å². The monoisotopic (exact) mass is 589 g/mol. The minimum atomic E-state index is -0.681. The summed E-state index contributed by atoms with van der Waals surface area (Å²) >= 11 is 1.29. The molecule has 1 aromatic carbocycles. The summed E-state index contributed by atoms with van der Waals surface area (Å²) in [5.41, 5.74) is 0.256. The Kier molecular flexibility index (Phi) is 8.87. The van der Waals surface area contributed by atoms with Gasteiger partial charge in [0.1, 0.15) is 22.5 Å². The zero-order valence-corrected chi connectivity index (χ0v) is 24.7. The van der Waals surface area contributed by atoms with Gasteiger partial charge in [0.15, 0.2) is 5.69 Å². The Balaban J connectivity index is 1.75. The summed E-state index contributed by atoms with van der Waals surface area (Å²) in [4.78, 5) is 45.9. The van der Waals surface area contributed by atoms with Crippen LogP contribution in [0.25, 0.3) is 16.0 Å². The fraction of sp³-hybridized carbons (Fsp3) is 0.355. The van der Waals surface area contributed by atoms with Crippen LogP contribution in [0.3, 0.4) is 0 Å². The molecule has 3 aromatic heterocycles. The maximum absolute atomic E-state index is 14.3. The lowest BCUT2D eigenvalue weighted by atomic mass is 10.1. The largest absolute Gasteiger partial charge is 0.496 e. The second-order valence-electron chi connectivity index (χ2n) is 9.70. The Labute approximate surface area is 246 Å². The number of esters is 1.